The second-order valence-corrected chi connectivity index (χ2v) is 15.2. The van der Waals surface area contributed by atoms with E-state index in [9.17, 15) is 0 Å². The SMILES string of the molecule is c1ccc(-c2ccc(-c3cc(-n4c5ccccc5c5c(-c6cc(-c7ccccc7)nc(-c7ccccc7)n6)cccc54)cc4c3sc3ccccc34)cc2)cc1. The van der Waals surface area contributed by atoms with Crippen molar-refractivity contribution < 1.29 is 0 Å². The molecule has 262 valence electrons. The Kier molecular flexibility index (Phi) is 7.68. The normalized spacial score (nSPS) is 11.6. The van der Waals surface area contributed by atoms with Crippen molar-refractivity contribution in [3.05, 3.63) is 200 Å². The lowest BCUT2D eigenvalue weighted by molar-refractivity contribution is 1.18. The van der Waals surface area contributed by atoms with Gasteiger partial charge in [-0.2, -0.15) is 0 Å². The Hall–Kier alpha value is -7.14. The minimum Gasteiger partial charge on any atom is -0.309 e. The van der Waals surface area contributed by atoms with Gasteiger partial charge < -0.3 is 4.57 Å². The molecule has 3 nitrogen and oxygen atoms in total. The van der Waals surface area contributed by atoms with Gasteiger partial charge in [-0.15, -0.1) is 11.3 Å². The minimum atomic E-state index is 0.709. The lowest BCUT2D eigenvalue weighted by Crippen LogP contribution is -1.97. The van der Waals surface area contributed by atoms with Crippen molar-refractivity contribution in [3.8, 4) is 61.8 Å². The fourth-order valence-electron chi connectivity index (χ4n) is 8.20. The molecule has 4 heteroatoms. The maximum absolute atomic E-state index is 5.27. The molecule has 0 fully saturated rings. The fraction of sp³-hybridized carbons (Fsp3) is 0. The van der Waals surface area contributed by atoms with Gasteiger partial charge in [0.15, 0.2) is 5.82 Å². The number of fused-ring (bicyclic) bond motifs is 6. The van der Waals surface area contributed by atoms with Gasteiger partial charge in [-0.05, 0) is 53.1 Å². The van der Waals surface area contributed by atoms with Gasteiger partial charge in [-0.1, -0.05) is 164 Å². The smallest absolute Gasteiger partial charge is 0.160 e. The van der Waals surface area contributed by atoms with Crippen LogP contribution in [0.5, 0.6) is 0 Å². The molecule has 3 aromatic heterocycles. The summed E-state index contributed by atoms with van der Waals surface area (Å²) in [5.41, 5.74) is 13.2. The highest BCUT2D eigenvalue weighted by atomic mass is 32.1. The maximum Gasteiger partial charge on any atom is 0.160 e. The van der Waals surface area contributed by atoms with E-state index in [1.807, 2.05) is 35.6 Å². The summed E-state index contributed by atoms with van der Waals surface area (Å²) >= 11 is 1.87. The molecule has 0 radical (unpaired) electrons. The van der Waals surface area contributed by atoms with Crippen LogP contribution in [-0.2, 0) is 0 Å². The number of hydrogen-bond acceptors (Lipinski definition) is 3. The number of para-hydroxylation sites is 1. The molecule has 8 aromatic carbocycles. The summed E-state index contributed by atoms with van der Waals surface area (Å²) in [7, 11) is 0. The Labute approximate surface area is 328 Å². The molecule has 0 N–H and O–H groups in total. The zero-order valence-corrected chi connectivity index (χ0v) is 31.1. The number of aromatic nitrogens is 3. The predicted octanol–water partition coefficient (Wildman–Crippen LogP) is 14.3. The number of rotatable bonds is 6. The first-order valence-corrected chi connectivity index (χ1v) is 19.7. The molecule has 0 atom stereocenters. The minimum absolute atomic E-state index is 0.709. The molecule has 0 aliphatic heterocycles. The Morgan fingerprint density at radius 3 is 1.73 bits per heavy atom. The highest BCUT2D eigenvalue weighted by molar-refractivity contribution is 7.26. The predicted molar refractivity (Wildman–Crippen MR) is 236 cm³/mol. The molecule has 0 unspecified atom stereocenters. The summed E-state index contributed by atoms with van der Waals surface area (Å²) in [5, 5.41) is 4.90. The second kappa shape index (κ2) is 13.3. The first-order chi connectivity index (χ1) is 27.8. The second-order valence-electron chi connectivity index (χ2n) is 14.2. The number of nitrogens with zero attached hydrogens (tertiary/aromatic N) is 3. The zero-order chi connectivity index (χ0) is 37.0. The Morgan fingerprint density at radius 2 is 0.964 bits per heavy atom. The van der Waals surface area contributed by atoms with Gasteiger partial charge in [0.2, 0.25) is 0 Å². The van der Waals surface area contributed by atoms with Crippen molar-refractivity contribution >= 4 is 53.3 Å². The summed E-state index contributed by atoms with van der Waals surface area (Å²) in [4.78, 5) is 10.4. The van der Waals surface area contributed by atoms with Crippen molar-refractivity contribution in [2.75, 3.05) is 0 Å². The maximum atomic E-state index is 5.27. The zero-order valence-electron chi connectivity index (χ0n) is 30.3. The van der Waals surface area contributed by atoms with Crippen molar-refractivity contribution in [2.45, 2.75) is 0 Å². The molecule has 0 saturated heterocycles. The Morgan fingerprint density at radius 1 is 0.375 bits per heavy atom. The van der Waals surface area contributed by atoms with Gasteiger partial charge in [0.05, 0.1) is 22.4 Å². The molecule has 0 bridgehead atoms. The molecule has 0 spiro atoms. The molecule has 0 amide bonds. The molecule has 0 saturated carbocycles. The van der Waals surface area contributed by atoms with Crippen LogP contribution in [0.3, 0.4) is 0 Å². The quantitative estimate of drug-likeness (QED) is 0.170. The number of thiophene rings is 1. The van der Waals surface area contributed by atoms with Crippen LogP contribution in [0.1, 0.15) is 0 Å². The fourth-order valence-corrected chi connectivity index (χ4v) is 9.42. The molecule has 56 heavy (non-hydrogen) atoms. The third-order valence-corrected chi connectivity index (χ3v) is 12.0. The summed E-state index contributed by atoms with van der Waals surface area (Å²) in [6.07, 6.45) is 0. The van der Waals surface area contributed by atoms with Crippen LogP contribution in [0, 0.1) is 0 Å². The molecular formula is C52H33N3S. The van der Waals surface area contributed by atoms with E-state index in [1.165, 1.54) is 53.2 Å². The Bertz CT molecular complexity index is 3160. The van der Waals surface area contributed by atoms with E-state index in [4.69, 9.17) is 9.97 Å². The monoisotopic (exact) mass is 731 g/mol. The third-order valence-electron chi connectivity index (χ3n) is 10.8. The van der Waals surface area contributed by atoms with Crippen LogP contribution in [0.15, 0.2) is 200 Å². The average Bonchev–Trinajstić information content (AvgIpc) is 3.83. The summed E-state index contributed by atoms with van der Waals surface area (Å²) in [5.74, 6) is 0.709. The first-order valence-electron chi connectivity index (χ1n) is 18.9. The van der Waals surface area contributed by atoms with Gasteiger partial charge in [0.25, 0.3) is 0 Å². The van der Waals surface area contributed by atoms with E-state index in [-0.39, 0.29) is 0 Å². The van der Waals surface area contributed by atoms with Crippen molar-refractivity contribution in [3.63, 3.8) is 0 Å². The Balaban J connectivity index is 1.16. The third kappa shape index (κ3) is 5.42. The lowest BCUT2D eigenvalue weighted by atomic mass is 9.98. The van der Waals surface area contributed by atoms with Crippen LogP contribution in [-0.4, -0.2) is 14.5 Å². The van der Waals surface area contributed by atoms with Crippen molar-refractivity contribution in [1.82, 2.24) is 14.5 Å². The first kappa shape index (κ1) is 32.3. The van der Waals surface area contributed by atoms with E-state index >= 15 is 0 Å². The van der Waals surface area contributed by atoms with Crippen LogP contribution >= 0.6 is 11.3 Å². The van der Waals surface area contributed by atoms with Crippen LogP contribution in [0.2, 0.25) is 0 Å². The molecule has 11 aromatic rings. The summed E-state index contributed by atoms with van der Waals surface area (Å²) in [6, 6.07) is 71.4. The standard InChI is InChI=1S/C52H33N3S/c1-4-15-34(16-5-1)35-27-29-36(30-28-35)43-31-39(32-44-40-21-11-13-26-49(40)56-51(43)44)55-47-24-12-10-22-42(47)50-41(23-14-25-48(50)55)46-33-45(37-17-6-2-7-18-37)53-52(54-46)38-19-8-3-9-20-38/h1-33H. The molecular weight excluding hydrogens is 699 g/mol. The molecule has 0 aliphatic rings. The largest absolute Gasteiger partial charge is 0.309 e. The van der Waals surface area contributed by atoms with Crippen molar-refractivity contribution in [2.24, 2.45) is 0 Å². The number of hydrogen-bond donors (Lipinski definition) is 0. The van der Waals surface area contributed by atoms with E-state index < -0.39 is 0 Å². The van der Waals surface area contributed by atoms with E-state index in [1.54, 1.807) is 0 Å². The van der Waals surface area contributed by atoms with Crippen LogP contribution in [0.4, 0.5) is 0 Å². The lowest BCUT2D eigenvalue weighted by Gasteiger charge is -2.13. The van der Waals surface area contributed by atoms with Gasteiger partial charge in [-0.25, -0.2) is 9.97 Å². The average molecular weight is 732 g/mol. The number of benzene rings is 8. The van der Waals surface area contributed by atoms with Gasteiger partial charge in [0, 0.05) is 58.9 Å². The van der Waals surface area contributed by atoms with E-state index in [0.29, 0.717) is 5.82 Å². The topological polar surface area (TPSA) is 30.7 Å². The highest BCUT2D eigenvalue weighted by Crippen LogP contribution is 2.45. The summed E-state index contributed by atoms with van der Waals surface area (Å²) in [6.45, 7) is 0. The molecule has 3 heterocycles. The van der Waals surface area contributed by atoms with Gasteiger partial charge in [-0.3, -0.25) is 0 Å². The summed E-state index contributed by atoms with van der Waals surface area (Å²) < 4.78 is 5.03. The van der Waals surface area contributed by atoms with E-state index in [2.05, 4.69) is 180 Å². The highest BCUT2D eigenvalue weighted by Gasteiger charge is 2.21. The molecule has 11 rings (SSSR count). The van der Waals surface area contributed by atoms with Crippen LogP contribution < -0.4 is 0 Å². The molecule has 0 aliphatic carbocycles. The van der Waals surface area contributed by atoms with E-state index in [0.717, 1.165) is 44.8 Å². The van der Waals surface area contributed by atoms with Gasteiger partial charge >= 0.3 is 0 Å². The van der Waals surface area contributed by atoms with Crippen LogP contribution in [0.25, 0.3) is 104 Å². The van der Waals surface area contributed by atoms with Gasteiger partial charge in [0.1, 0.15) is 0 Å². The van der Waals surface area contributed by atoms with Crippen molar-refractivity contribution in [1.29, 1.82) is 0 Å².